The first kappa shape index (κ1) is 20.8. The zero-order chi connectivity index (χ0) is 20.9. The van der Waals surface area contributed by atoms with E-state index in [1.54, 1.807) is 31.4 Å². The number of methoxy groups -OCH3 is 1. The highest BCUT2D eigenvalue weighted by Gasteiger charge is 2.27. The third-order valence-electron chi connectivity index (χ3n) is 4.63. The molecule has 0 spiro atoms. The Kier molecular flexibility index (Phi) is 6.50. The molecule has 8 nitrogen and oxygen atoms in total. The maximum atomic E-state index is 12.5. The van der Waals surface area contributed by atoms with Gasteiger partial charge in [0.2, 0.25) is 15.9 Å². The first-order valence-electron chi connectivity index (χ1n) is 9.22. The van der Waals surface area contributed by atoms with E-state index in [1.165, 1.54) is 28.6 Å². The van der Waals surface area contributed by atoms with E-state index < -0.39 is 15.9 Å². The number of nitrogens with one attached hydrogen (secondary N) is 2. The van der Waals surface area contributed by atoms with Crippen LogP contribution < -0.4 is 15.6 Å². The van der Waals surface area contributed by atoms with Crippen LogP contribution in [0.4, 0.5) is 0 Å². The number of hydrogen-bond donors (Lipinski definition) is 2. The Bertz CT molecular complexity index is 983. The molecule has 29 heavy (non-hydrogen) atoms. The molecule has 0 aromatic heterocycles. The summed E-state index contributed by atoms with van der Waals surface area (Å²) in [6, 6.07) is 12.7. The van der Waals surface area contributed by atoms with Crippen LogP contribution in [0.25, 0.3) is 0 Å². The van der Waals surface area contributed by atoms with Gasteiger partial charge in [0.05, 0.1) is 18.4 Å². The van der Waals surface area contributed by atoms with E-state index in [4.69, 9.17) is 4.74 Å². The lowest BCUT2D eigenvalue weighted by Crippen LogP contribution is -2.42. The standard InChI is InChI=1S/C20H23N3O5S/c1-28-17-6-4-5-15(13-17)14-19(24)21-22-20(25)16-7-9-18(10-8-16)29(26,27)23-11-2-3-12-23/h4-10,13H,2-3,11-12,14H2,1H3,(H,21,24)(H,22,25). The van der Waals surface area contributed by atoms with Gasteiger partial charge in [-0.15, -0.1) is 0 Å². The smallest absolute Gasteiger partial charge is 0.269 e. The van der Waals surface area contributed by atoms with Crippen LogP contribution in [0.5, 0.6) is 5.75 Å². The molecule has 2 aromatic carbocycles. The van der Waals surface area contributed by atoms with Crippen LogP contribution in [-0.2, 0) is 21.2 Å². The van der Waals surface area contributed by atoms with E-state index >= 15 is 0 Å². The molecular weight excluding hydrogens is 394 g/mol. The minimum absolute atomic E-state index is 0.0739. The van der Waals surface area contributed by atoms with Crippen molar-refractivity contribution >= 4 is 21.8 Å². The monoisotopic (exact) mass is 417 g/mol. The minimum Gasteiger partial charge on any atom is -0.497 e. The summed E-state index contributed by atoms with van der Waals surface area (Å²) >= 11 is 0. The molecule has 1 heterocycles. The number of hydrogen-bond acceptors (Lipinski definition) is 5. The molecule has 9 heteroatoms. The van der Waals surface area contributed by atoms with Crippen LogP contribution in [0, 0.1) is 0 Å². The zero-order valence-electron chi connectivity index (χ0n) is 16.1. The molecule has 0 radical (unpaired) electrons. The second kappa shape index (κ2) is 9.06. The quantitative estimate of drug-likeness (QED) is 0.693. The zero-order valence-corrected chi connectivity index (χ0v) is 16.9. The molecule has 2 aromatic rings. The highest BCUT2D eigenvalue weighted by atomic mass is 32.2. The van der Waals surface area contributed by atoms with Gasteiger partial charge in [0.15, 0.2) is 0 Å². The Labute approximate surface area is 169 Å². The Morgan fingerprint density at radius 2 is 1.72 bits per heavy atom. The van der Waals surface area contributed by atoms with Crippen molar-refractivity contribution in [3.05, 3.63) is 59.7 Å². The maximum Gasteiger partial charge on any atom is 0.269 e. The van der Waals surface area contributed by atoms with Crippen molar-refractivity contribution in [1.82, 2.24) is 15.2 Å². The van der Waals surface area contributed by atoms with Crippen molar-refractivity contribution < 1.29 is 22.7 Å². The van der Waals surface area contributed by atoms with Gasteiger partial charge in [-0.25, -0.2) is 8.42 Å². The number of hydrazine groups is 1. The van der Waals surface area contributed by atoms with Crippen molar-refractivity contribution in [1.29, 1.82) is 0 Å². The van der Waals surface area contributed by atoms with Gasteiger partial charge < -0.3 is 4.74 Å². The summed E-state index contributed by atoms with van der Waals surface area (Å²) in [7, 11) is -1.98. The minimum atomic E-state index is -3.53. The lowest BCUT2D eigenvalue weighted by molar-refractivity contribution is -0.121. The molecule has 1 aliphatic rings. The number of nitrogens with zero attached hydrogens (tertiary/aromatic N) is 1. The van der Waals surface area contributed by atoms with Gasteiger partial charge in [0.1, 0.15) is 5.75 Å². The summed E-state index contributed by atoms with van der Waals surface area (Å²) in [5.74, 6) is -0.280. The molecule has 154 valence electrons. The number of amides is 2. The van der Waals surface area contributed by atoms with E-state index in [1.807, 2.05) is 0 Å². The number of sulfonamides is 1. The second-order valence-corrected chi connectivity index (χ2v) is 8.60. The summed E-state index contributed by atoms with van der Waals surface area (Å²) in [4.78, 5) is 24.4. The first-order valence-corrected chi connectivity index (χ1v) is 10.7. The van der Waals surface area contributed by atoms with Gasteiger partial charge in [0, 0.05) is 18.7 Å². The van der Waals surface area contributed by atoms with E-state index in [9.17, 15) is 18.0 Å². The van der Waals surface area contributed by atoms with Crippen molar-refractivity contribution in [3.8, 4) is 5.75 Å². The van der Waals surface area contributed by atoms with Crippen molar-refractivity contribution in [2.75, 3.05) is 20.2 Å². The van der Waals surface area contributed by atoms with Gasteiger partial charge in [-0.2, -0.15) is 4.31 Å². The molecule has 3 rings (SSSR count). The van der Waals surface area contributed by atoms with Crippen LogP contribution in [0.2, 0.25) is 0 Å². The maximum absolute atomic E-state index is 12.5. The molecule has 2 N–H and O–H groups in total. The van der Waals surface area contributed by atoms with Crippen molar-refractivity contribution in [3.63, 3.8) is 0 Å². The number of carbonyl (C=O) groups excluding carboxylic acids is 2. The Morgan fingerprint density at radius 1 is 1.03 bits per heavy atom. The number of benzene rings is 2. The lowest BCUT2D eigenvalue weighted by atomic mass is 10.1. The van der Waals surface area contributed by atoms with Gasteiger partial charge in [-0.05, 0) is 54.8 Å². The normalized spacial score (nSPS) is 14.4. The fraction of sp³-hybridized carbons (Fsp3) is 0.300. The van der Waals surface area contributed by atoms with E-state index in [-0.39, 0.29) is 22.8 Å². The van der Waals surface area contributed by atoms with Crippen LogP contribution in [-0.4, -0.2) is 44.7 Å². The third-order valence-corrected chi connectivity index (χ3v) is 6.55. The molecule has 0 saturated carbocycles. The van der Waals surface area contributed by atoms with Crippen molar-refractivity contribution in [2.24, 2.45) is 0 Å². The summed E-state index contributed by atoms with van der Waals surface area (Å²) in [6.45, 7) is 1.04. The van der Waals surface area contributed by atoms with Gasteiger partial charge in [0.25, 0.3) is 5.91 Å². The second-order valence-electron chi connectivity index (χ2n) is 6.67. The number of rotatable bonds is 6. The van der Waals surface area contributed by atoms with Gasteiger partial charge in [-0.3, -0.25) is 20.4 Å². The predicted molar refractivity (Wildman–Crippen MR) is 107 cm³/mol. The van der Waals surface area contributed by atoms with E-state index in [0.717, 1.165) is 18.4 Å². The van der Waals surface area contributed by atoms with Gasteiger partial charge in [-0.1, -0.05) is 12.1 Å². The molecule has 1 aliphatic heterocycles. The summed E-state index contributed by atoms with van der Waals surface area (Å²) in [5.41, 5.74) is 5.67. The predicted octanol–water partition coefficient (Wildman–Crippen LogP) is 1.48. The van der Waals surface area contributed by atoms with Crippen LogP contribution in [0.3, 0.4) is 0 Å². The molecule has 1 fully saturated rings. The van der Waals surface area contributed by atoms with Gasteiger partial charge >= 0.3 is 0 Å². The van der Waals surface area contributed by atoms with E-state index in [2.05, 4.69) is 10.9 Å². The molecule has 1 saturated heterocycles. The molecule has 0 bridgehead atoms. The third kappa shape index (κ3) is 5.12. The average molecular weight is 417 g/mol. The Morgan fingerprint density at radius 3 is 2.38 bits per heavy atom. The molecular formula is C20H23N3O5S. The highest BCUT2D eigenvalue weighted by molar-refractivity contribution is 7.89. The van der Waals surface area contributed by atoms with E-state index in [0.29, 0.717) is 18.8 Å². The molecule has 0 aliphatic carbocycles. The fourth-order valence-corrected chi connectivity index (χ4v) is 4.58. The summed E-state index contributed by atoms with van der Waals surface area (Å²) in [5, 5.41) is 0. The van der Waals surface area contributed by atoms with Crippen LogP contribution >= 0.6 is 0 Å². The Hall–Kier alpha value is -2.91. The largest absolute Gasteiger partial charge is 0.497 e. The number of carbonyl (C=O) groups is 2. The molecule has 0 atom stereocenters. The molecule has 0 unspecified atom stereocenters. The lowest BCUT2D eigenvalue weighted by Gasteiger charge is -2.15. The SMILES string of the molecule is COc1cccc(CC(=O)NNC(=O)c2ccc(S(=O)(=O)N3CCCC3)cc2)c1. The fourth-order valence-electron chi connectivity index (χ4n) is 3.07. The molecule has 2 amide bonds. The topological polar surface area (TPSA) is 105 Å². The van der Waals surface area contributed by atoms with Crippen molar-refractivity contribution in [2.45, 2.75) is 24.2 Å². The summed E-state index contributed by atoms with van der Waals surface area (Å²) < 4.78 is 31.6. The van der Waals surface area contributed by atoms with Crippen LogP contribution in [0.1, 0.15) is 28.8 Å². The Balaban J connectivity index is 1.56. The highest BCUT2D eigenvalue weighted by Crippen LogP contribution is 2.21. The van der Waals surface area contributed by atoms with Crippen LogP contribution in [0.15, 0.2) is 53.4 Å². The number of ether oxygens (including phenoxy) is 1. The average Bonchev–Trinajstić information content (AvgIpc) is 3.28. The first-order chi connectivity index (χ1) is 13.9. The summed E-state index contributed by atoms with van der Waals surface area (Å²) in [6.07, 6.45) is 1.79.